The number of benzene rings is 1. The Balaban J connectivity index is 2.71. The van der Waals surface area contributed by atoms with Crippen LogP contribution in [-0.2, 0) is 16.2 Å². The van der Waals surface area contributed by atoms with Crippen LogP contribution >= 0.6 is 15.9 Å². The zero-order valence-electron chi connectivity index (χ0n) is 9.48. The SMILES string of the molecule is O=S(=O)(CBr)NCC(O)c1ccc(C(F)(F)F)cc1. The number of aliphatic hydroxyl groups is 1. The van der Waals surface area contributed by atoms with Gasteiger partial charge < -0.3 is 5.11 Å². The first-order chi connectivity index (χ1) is 8.65. The topological polar surface area (TPSA) is 66.4 Å². The zero-order chi connectivity index (χ0) is 14.7. The van der Waals surface area contributed by atoms with Crippen LogP contribution < -0.4 is 4.72 Å². The molecular formula is C10H11BrF3NO3S. The van der Waals surface area contributed by atoms with E-state index in [4.69, 9.17) is 0 Å². The van der Waals surface area contributed by atoms with Crippen molar-refractivity contribution in [1.29, 1.82) is 0 Å². The molecule has 0 aromatic heterocycles. The van der Waals surface area contributed by atoms with Crippen LogP contribution in [0.3, 0.4) is 0 Å². The van der Waals surface area contributed by atoms with Crippen LogP contribution in [0, 0.1) is 0 Å². The molecule has 19 heavy (non-hydrogen) atoms. The molecule has 0 aliphatic carbocycles. The Kier molecular flexibility index (Phi) is 5.36. The fourth-order valence-electron chi connectivity index (χ4n) is 1.26. The predicted molar refractivity (Wildman–Crippen MR) is 67.1 cm³/mol. The largest absolute Gasteiger partial charge is 0.416 e. The zero-order valence-corrected chi connectivity index (χ0v) is 11.9. The molecule has 0 fully saturated rings. The van der Waals surface area contributed by atoms with Gasteiger partial charge in [-0.25, -0.2) is 13.1 Å². The first kappa shape index (κ1) is 16.4. The molecule has 1 aromatic rings. The van der Waals surface area contributed by atoms with Crippen molar-refractivity contribution in [2.24, 2.45) is 0 Å². The Hall–Kier alpha value is -0.640. The van der Waals surface area contributed by atoms with Crippen molar-refractivity contribution >= 4 is 26.0 Å². The van der Waals surface area contributed by atoms with Gasteiger partial charge >= 0.3 is 6.18 Å². The third-order valence-electron chi connectivity index (χ3n) is 2.26. The molecule has 0 saturated heterocycles. The molecule has 1 rings (SSSR count). The molecule has 2 N–H and O–H groups in total. The van der Waals surface area contributed by atoms with Crippen LogP contribution in [0.25, 0.3) is 0 Å². The minimum Gasteiger partial charge on any atom is -0.387 e. The molecule has 0 aliphatic heterocycles. The lowest BCUT2D eigenvalue weighted by molar-refractivity contribution is -0.137. The van der Waals surface area contributed by atoms with E-state index in [-0.39, 0.29) is 16.8 Å². The predicted octanol–water partition coefficient (Wildman–Crippen LogP) is 2.01. The van der Waals surface area contributed by atoms with Crippen molar-refractivity contribution in [3.63, 3.8) is 0 Å². The molecular weight excluding hydrogens is 351 g/mol. The van der Waals surface area contributed by atoms with E-state index < -0.39 is 27.9 Å². The van der Waals surface area contributed by atoms with Crippen LogP contribution in [0.5, 0.6) is 0 Å². The number of halogens is 4. The van der Waals surface area contributed by atoms with Gasteiger partial charge in [-0.15, -0.1) is 0 Å². The molecule has 4 nitrogen and oxygen atoms in total. The van der Waals surface area contributed by atoms with Gasteiger partial charge in [-0.2, -0.15) is 13.2 Å². The van der Waals surface area contributed by atoms with E-state index in [9.17, 15) is 26.7 Å². The van der Waals surface area contributed by atoms with Crippen molar-refractivity contribution < 1.29 is 26.7 Å². The van der Waals surface area contributed by atoms with Crippen molar-refractivity contribution in [3.05, 3.63) is 35.4 Å². The third kappa shape index (κ3) is 5.09. The molecule has 1 aromatic carbocycles. The minimum atomic E-state index is -4.44. The summed E-state index contributed by atoms with van der Waals surface area (Å²) in [5.74, 6) is 0. The van der Waals surface area contributed by atoms with Gasteiger partial charge in [0.05, 0.1) is 11.7 Å². The molecule has 108 valence electrons. The average molecular weight is 362 g/mol. The van der Waals surface area contributed by atoms with Crippen LogP contribution in [0.1, 0.15) is 17.2 Å². The quantitative estimate of drug-likeness (QED) is 0.788. The second-order valence-electron chi connectivity index (χ2n) is 3.71. The van der Waals surface area contributed by atoms with Crippen molar-refractivity contribution in [2.45, 2.75) is 12.3 Å². The first-order valence-electron chi connectivity index (χ1n) is 5.04. The van der Waals surface area contributed by atoms with Crippen molar-refractivity contribution in [3.8, 4) is 0 Å². The van der Waals surface area contributed by atoms with E-state index in [1.807, 2.05) is 0 Å². The molecule has 9 heteroatoms. The number of sulfonamides is 1. The Morgan fingerprint density at radius 2 is 1.79 bits per heavy atom. The van der Waals surface area contributed by atoms with E-state index in [2.05, 4.69) is 20.7 Å². The second kappa shape index (κ2) is 6.21. The second-order valence-corrected chi connectivity index (χ2v) is 6.82. The summed E-state index contributed by atoms with van der Waals surface area (Å²) < 4.78 is 60.9. The summed E-state index contributed by atoms with van der Waals surface area (Å²) in [6.07, 6.45) is -5.66. The van der Waals surface area contributed by atoms with E-state index >= 15 is 0 Å². The summed E-state index contributed by atoms with van der Waals surface area (Å²) in [7, 11) is -3.53. The van der Waals surface area contributed by atoms with Gasteiger partial charge in [-0.05, 0) is 17.7 Å². The van der Waals surface area contributed by atoms with Gasteiger partial charge in [-0.1, -0.05) is 28.1 Å². The lowest BCUT2D eigenvalue weighted by Gasteiger charge is -2.13. The average Bonchev–Trinajstić information content (AvgIpc) is 2.35. The normalized spacial score (nSPS) is 14.4. The number of hydrogen-bond acceptors (Lipinski definition) is 3. The van der Waals surface area contributed by atoms with Gasteiger partial charge in [-0.3, -0.25) is 0 Å². The molecule has 0 spiro atoms. The Morgan fingerprint density at radius 1 is 1.26 bits per heavy atom. The third-order valence-corrected chi connectivity index (χ3v) is 4.97. The standard InChI is InChI=1S/C10H11BrF3NO3S/c11-6-19(17,18)15-5-9(16)7-1-3-8(4-2-7)10(12,13)14/h1-4,9,15-16H,5-6H2. The Morgan fingerprint density at radius 3 is 2.21 bits per heavy atom. The Bertz CT molecular complexity index is 516. The molecule has 0 saturated carbocycles. The summed E-state index contributed by atoms with van der Waals surface area (Å²) in [5, 5.41) is 9.65. The first-order valence-corrected chi connectivity index (χ1v) is 7.81. The number of rotatable bonds is 5. The summed E-state index contributed by atoms with van der Waals surface area (Å²) in [6.45, 7) is -0.306. The van der Waals surface area contributed by atoms with Gasteiger partial charge in [0.2, 0.25) is 10.0 Å². The van der Waals surface area contributed by atoms with Crippen LogP contribution in [0.2, 0.25) is 0 Å². The lowest BCUT2D eigenvalue weighted by Crippen LogP contribution is -2.29. The molecule has 1 unspecified atom stereocenters. The maximum Gasteiger partial charge on any atom is 0.416 e. The van der Waals surface area contributed by atoms with Crippen molar-refractivity contribution in [2.75, 3.05) is 11.2 Å². The number of nitrogens with one attached hydrogen (secondary N) is 1. The summed E-state index contributed by atoms with van der Waals surface area (Å²) >= 11 is 2.75. The van der Waals surface area contributed by atoms with Crippen molar-refractivity contribution in [1.82, 2.24) is 4.72 Å². The fourth-order valence-corrected chi connectivity index (χ4v) is 2.23. The molecule has 0 radical (unpaired) electrons. The highest BCUT2D eigenvalue weighted by molar-refractivity contribution is 9.10. The summed E-state index contributed by atoms with van der Waals surface area (Å²) in [6, 6.07) is 3.88. The molecule has 1 atom stereocenters. The number of hydrogen-bond donors (Lipinski definition) is 2. The van der Waals surface area contributed by atoms with Gasteiger partial charge in [0.1, 0.15) is 4.66 Å². The maximum absolute atomic E-state index is 12.3. The highest BCUT2D eigenvalue weighted by Crippen LogP contribution is 2.29. The highest BCUT2D eigenvalue weighted by atomic mass is 79.9. The van der Waals surface area contributed by atoms with E-state index in [1.165, 1.54) is 0 Å². The van der Waals surface area contributed by atoms with Gasteiger partial charge in [0.25, 0.3) is 0 Å². The number of alkyl halides is 4. The Labute approximate surface area is 116 Å². The van der Waals surface area contributed by atoms with Gasteiger partial charge in [0.15, 0.2) is 0 Å². The highest BCUT2D eigenvalue weighted by Gasteiger charge is 2.30. The van der Waals surface area contributed by atoms with E-state index in [0.29, 0.717) is 0 Å². The maximum atomic E-state index is 12.3. The van der Waals surface area contributed by atoms with Crippen LogP contribution in [0.15, 0.2) is 24.3 Å². The van der Waals surface area contributed by atoms with Crippen LogP contribution in [-0.4, -0.2) is 24.7 Å². The molecule has 0 bridgehead atoms. The van der Waals surface area contributed by atoms with E-state index in [0.717, 1.165) is 24.3 Å². The fraction of sp³-hybridized carbons (Fsp3) is 0.400. The lowest BCUT2D eigenvalue weighted by atomic mass is 10.1. The summed E-state index contributed by atoms with van der Waals surface area (Å²) in [4.78, 5) is 0. The monoisotopic (exact) mass is 361 g/mol. The summed E-state index contributed by atoms with van der Waals surface area (Å²) in [5.41, 5.74) is -0.630. The molecule has 0 aliphatic rings. The van der Waals surface area contributed by atoms with Gasteiger partial charge in [0, 0.05) is 6.54 Å². The number of aliphatic hydroxyl groups excluding tert-OH is 1. The molecule has 0 heterocycles. The van der Waals surface area contributed by atoms with E-state index in [1.54, 1.807) is 0 Å². The molecule has 0 amide bonds. The van der Waals surface area contributed by atoms with Crippen LogP contribution in [0.4, 0.5) is 13.2 Å². The smallest absolute Gasteiger partial charge is 0.387 e. The minimum absolute atomic E-state index is 0.199.